The minimum Gasteiger partial charge on any atom is -0.490 e. The third-order valence-corrected chi connectivity index (χ3v) is 5.25. The summed E-state index contributed by atoms with van der Waals surface area (Å²) in [6.45, 7) is 3.66. The first-order chi connectivity index (χ1) is 14.0. The summed E-state index contributed by atoms with van der Waals surface area (Å²) in [5.74, 6) is -0.266. The molecule has 1 aliphatic rings. The Labute approximate surface area is 173 Å². The van der Waals surface area contributed by atoms with E-state index in [9.17, 15) is 14.4 Å². The summed E-state index contributed by atoms with van der Waals surface area (Å²) in [6.07, 6.45) is 2.51. The van der Waals surface area contributed by atoms with Crippen LogP contribution in [-0.4, -0.2) is 34.6 Å². The van der Waals surface area contributed by atoms with E-state index in [2.05, 4.69) is 5.32 Å². The van der Waals surface area contributed by atoms with Crippen molar-refractivity contribution in [1.82, 2.24) is 4.90 Å². The van der Waals surface area contributed by atoms with E-state index >= 15 is 0 Å². The second-order valence-corrected chi connectivity index (χ2v) is 7.55. The topological polar surface area (TPSA) is 75.7 Å². The Hall–Kier alpha value is -3.06. The number of imide groups is 1. The third kappa shape index (κ3) is 5.26. The van der Waals surface area contributed by atoms with E-state index in [1.54, 1.807) is 30.3 Å². The maximum absolute atomic E-state index is 12.7. The van der Waals surface area contributed by atoms with Gasteiger partial charge in [-0.2, -0.15) is 0 Å². The second-order valence-electron chi connectivity index (χ2n) is 6.56. The van der Waals surface area contributed by atoms with Crippen LogP contribution in [-0.2, 0) is 9.59 Å². The molecule has 0 radical (unpaired) electrons. The normalized spacial score (nSPS) is 16.2. The molecule has 2 aromatic carbocycles. The molecule has 2 aromatic rings. The molecule has 1 unspecified atom stereocenters. The SMILES string of the molecule is CCC(C)Oc1ccccc1/C=C1\SC(=O)N(CC(=O)Nc2ccccc2)C1=O. The molecule has 0 aliphatic carbocycles. The lowest BCUT2D eigenvalue weighted by molar-refractivity contribution is -0.127. The number of benzene rings is 2. The van der Waals surface area contributed by atoms with Gasteiger partial charge < -0.3 is 10.1 Å². The number of ether oxygens (including phenoxy) is 1. The molecule has 1 fully saturated rings. The van der Waals surface area contributed by atoms with E-state index < -0.39 is 17.1 Å². The smallest absolute Gasteiger partial charge is 0.294 e. The predicted molar refractivity (Wildman–Crippen MR) is 115 cm³/mol. The Balaban J connectivity index is 1.73. The number of rotatable bonds is 7. The van der Waals surface area contributed by atoms with Gasteiger partial charge in [0.15, 0.2) is 0 Å². The Morgan fingerprint density at radius 3 is 2.55 bits per heavy atom. The van der Waals surface area contributed by atoms with E-state index in [1.165, 1.54) is 0 Å². The Kier molecular flexibility index (Phi) is 6.72. The summed E-state index contributed by atoms with van der Waals surface area (Å²) in [5.41, 5.74) is 1.32. The molecule has 1 N–H and O–H groups in total. The fourth-order valence-electron chi connectivity index (χ4n) is 2.65. The highest BCUT2D eigenvalue weighted by molar-refractivity contribution is 8.18. The number of carbonyl (C=O) groups is 3. The monoisotopic (exact) mass is 410 g/mol. The lowest BCUT2D eigenvalue weighted by Crippen LogP contribution is -2.36. The first-order valence-corrected chi connectivity index (χ1v) is 10.2. The van der Waals surface area contributed by atoms with E-state index in [-0.39, 0.29) is 17.6 Å². The van der Waals surface area contributed by atoms with Crippen molar-refractivity contribution >= 4 is 40.6 Å². The van der Waals surface area contributed by atoms with Crippen LogP contribution in [0.5, 0.6) is 5.75 Å². The van der Waals surface area contributed by atoms with Crippen LogP contribution in [0.1, 0.15) is 25.8 Å². The van der Waals surface area contributed by atoms with Crippen LogP contribution in [0.15, 0.2) is 59.5 Å². The summed E-state index contributed by atoms with van der Waals surface area (Å²) in [4.78, 5) is 38.4. The molecule has 0 spiro atoms. The van der Waals surface area contributed by atoms with Crippen LogP contribution in [0.2, 0.25) is 0 Å². The van der Waals surface area contributed by atoms with Gasteiger partial charge in [0.25, 0.3) is 11.1 Å². The molecule has 1 aliphatic heterocycles. The average Bonchev–Trinajstić information content (AvgIpc) is 2.97. The van der Waals surface area contributed by atoms with Gasteiger partial charge in [-0.3, -0.25) is 19.3 Å². The molecule has 6 nitrogen and oxygen atoms in total. The van der Waals surface area contributed by atoms with Gasteiger partial charge in [-0.05, 0) is 49.4 Å². The molecule has 1 atom stereocenters. The van der Waals surface area contributed by atoms with Crippen LogP contribution in [0.25, 0.3) is 6.08 Å². The highest BCUT2D eigenvalue weighted by Crippen LogP contribution is 2.34. The standard InChI is InChI=1S/C22H22N2O4S/c1-3-15(2)28-18-12-8-7-9-16(18)13-19-21(26)24(22(27)29-19)14-20(25)23-17-10-5-4-6-11-17/h4-13,15H,3,14H2,1-2H3,(H,23,25)/b19-13-. The van der Waals surface area contributed by atoms with Gasteiger partial charge in [-0.1, -0.05) is 43.3 Å². The van der Waals surface area contributed by atoms with Crippen LogP contribution >= 0.6 is 11.8 Å². The lowest BCUT2D eigenvalue weighted by atomic mass is 10.1. The summed E-state index contributed by atoms with van der Waals surface area (Å²) in [5, 5.41) is 2.21. The fourth-order valence-corrected chi connectivity index (χ4v) is 3.48. The van der Waals surface area contributed by atoms with Crippen molar-refractivity contribution < 1.29 is 19.1 Å². The molecular weight excluding hydrogens is 388 g/mol. The summed E-state index contributed by atoms with van der Waals surface area (Å²) < 4.78 is 5.90. The molecule has 150 valence electrons. The number of hydrogen-bond acceptors (Lipinski definition) is 5. The van der Waals surface area contributed by atoms with Crippen LogP contribution in [0, 0.1) is 0 Å². The molecule has 0 bridgehead atoms. The van der Waals surface area contributed by atoms with Gasteiger partial charge in [0.2, 0.25) is 5.91 Å². The van der Waals surface area contributed by atoms with E-state index in [0.29, 0.717) is 17.0 Å². The number of para-hydroxylation sites is 2. The number of nitrogens with one attached hydrogen (secondary N) is 1. The summed E-state index contributed by atoms with van der Waals surface area (Å²) in [7, 11) is 0. The van der Waals surface area contributed by atoms with Crippen molar-refractivity contribution in [3.8, 4) is 5.75 Å². The van der Waals surface area contributed by atoms with E-state index in [1.807, 2.05) is 44.2 Å². The van der Waals surface area contributed by atoms with Crippen LogP contribution in [0.3, 0.4) is 0 Å². The second kappa shape index (κ2) is 9.43. The Bertz CT molecular complexity index is 943. The molecule has 0 saturated carbocycles. The minimum atomic E-state index is -0.485. The van der Waals surface area contributed by atoms with Gasteiger partial charge in [0, 0.05) is 11.3 Å². The Morgan fingerprint density at radius 2 is 1.83 bits per heavy atom. The molecule has 0 aromatic heterocycles. The van der Waals surface area contributed by atoms with Crippen molar-refractivity contribution in [1.29, 1.82) is 0 Å². The predicted octanol–water partition coefficient (Wildman–Crippen LogP) is 4.54. The van der Waals surface area contributed by atoms with Crippen molar-refractivity contribution in [2.24, 2.45) is 0 Å². The molecule has 1 heterocycles. The fraction of sp³-hybridized carbons (Fsp3) is 0.227. The van der Waals surface area contributed by atoms with Gasteiger partial charge in [0.05, 0.1) is 11.0 Å². The zero-order chi connectivity index (χ0) is 20.8. The van der Waals surface area contributed by atoms with Gasteiger partial charge in [-0.15, -0.1) is 0 Å². The first-order valence-electron chi connectivity index (χ1n) is 9.34. The molecular formula is C22H22N2O4S. The van der Waals surface area contributed by atoms with Crippen molar-refractivity contribution in [2.45, 2.75) is 26.4 Å². The van der Waals surface area contributed by atoms with Gasteiger partial charge in [0.1, 0.15) is 12.3 Å². The summed E-state index contributed by atoms with van der Waals surface area (Å²) >= 11 is 0.821. The van der Waals surface area contributed by atoms with Crippen molar-refractivity contribution in [2.75, 3.05) is 11.9 Å². The quantitative estimate of drug-likeness (QED) is 0.678. The zero-order valence-corrected chi connectivity index (χ0v) is 17.1. The van der Waals surface area contributed by atoms with Gasteiger partial charge >= 0.3 is 0 Å². The molecule has 1 saturated heterocycles. The highest BCUT2D eigenvalue weighted by Gasteiger charge is 2.36. The zero-order valence-electron chi connectivity index (χ0n) is 16.3. The number of amides is 3. The van der Waals surface area contributed by atoms with Crippen LogP contribution in [0.4, 0.5) is 10.5 Å². The highest BCUT2D eigenvalue weighted by atomic mass is 32.2. The summed E-state index contributed by atoms with van der Waals surface area (Å²) in [6, 6.07) is 16.2. The molecule has 3 amide bonds. The first kappa shape index (κ1) is 20.7. The van der Waals surface area contributed by atoms with Crippen molar-refractivity contribution in [3.05, 3.63) is 65.1 Å². The number of anilines is 1. The van der Waals surface area contributed by atoms with Gasteiger partial charge in [-0.25, -0.2) is 0 Å². The van der Waals surface area contributed by atoms with E-state index in [0.717, 1.165) is 23.1 Å². The molecule has 3 rings (SSSR count). The molecule has 7 heteroatoms. The number of nitrogens with zero attached hydrogens (tertiary/aromatic N) is 1. The average molecular weight is 410 g/mol. The Morgan fingerprint density at radius 1 is 1.14 bits per heavy atom. The minimum absolute atomic E-state index is 0.0290. The third-order valence-electron chi connectivity index (χ3n) is 4.34. The number of carbonyl (C=O) groups excluding carboxylic acids is 3. The maximum Gasteiger partial charge on any atom is 0.294 e. The maximum atomic E-state index is 12.7. The number of hydrogen-bond donors (Lipinski definition) is 1. The van der Waals surface area contributed by atoms with Crippen LogP contribution < -0.4 is 10.1 Å². The largest absolute Gasteiger partial charge is 0.490 e. The number of thioether (sulfide) groups is 1. The van der Waals surface area contributed by atoms with Crippen molar-refractivity contribution in [3.63, 3.8) is 0 Å². The lowest BCUT2D eigenvalue weighted by Gasteiger charge is -2.15. The molecule has 29 heavy (non-hydrogen) atoms. The van der Waals surface area contributed by atoms with E-state index in [4.69, 9.17) is 4.74 Å².